The molecule has 0 spiro atoms. The van der Waals surface area contributed by atoms with Crippen LogP contribution in [0.5, 0.6) is 0 Å². The van der Waals surface area contributed by atoms with Crippen molar-refractivity contribution in [1.82, 2.24) is 10.6 Å². The van der Waals surface area contributed by atoms with Gasteiger partial charge in [0.25, 0.3) is 0 Å². The van der Waals surface area contributed by atoms with Gasteiger partial charge in [0.1, 0.15) is 0 Å². The van der Waals surface area contributed by atoms with Crippen LogP contribution >= 0.6 is 0 Å². The van der Waals surface area contributed by atoms with Gasteiger partial charge in [-0.2, -0.15) is 0 Å². The molecule has 2 heteroatoms. The maximum absolute atomic E-state index is 3.87. The van der Waals surface area contributed by atoms with E-state index in [1.54, 1.807) is 0 Å². The van der Waals surface area contributed by atoms with Crippen molar-refractivity contribution in [3.63, 3.8) is 0 Å². The fourth-order valence-corrected chi connectivity index (χ4v) is 6.84. The second-order valence-corrected chi connectivity index (χ2v) is 9.62. The fraction of sp³-hybridized carbons (Fsp3) is 1.00. The Hall–Kier alpha value is -0.0800. The van der Waals surface area contributed by atoms with Gasteiger partial charge in [0.2, 0.25) is 0 Å². The van der Waals surface area contributed by atoms with E-state index in [-0.39, 0.29) is 0 Å². The molecule has 4 saturated carbocycles. The highest BCUT2D eigenvalue weighted by molar-refractivity contribution is 5.11. The average Bonchev–Trinajstić information content (AvgIpc) is 2.32. The van der Waals surface area contributed by atoms with Gasteiger partial charge >= 0.3 is 0 Å². The van der Waals surface area contributed by atoms with Crippen LogP contribution in [-0.2, 0) is 0 Å². The predicted molar refractivity (Wildman–Crippen MR) is 90.5 cm³/mol. The third-order valence-corrected chi connectivity index (χ3v) is 6.44. The molecule has 0 saturated heterocycles. The zero-order valence-electron chi connectivity index (χ0n) is 14.7. The van der Waals surface area contributed by atoms with Crippen molar-refractivity contribution < 1.29 is 0 Å². The first-order valence-corrected chi connectivity index (χ1v) is 9.30. The summed E-state index contributed by atoms with van der Waals surface area (Å²) in [5.41, 5.74) is 1.92. The lowest BCUT2D eigenvalue weighted by Gasteiger charge is -2.65. The van der Waals surface area contributed by atoms with E-state index in [0.29, 0.717) is 22.3 Å². The van der Waals surface area contributed by atoms with Gasteiger partial charge in [-0.05, 0) is 80.6 Å². The molecule has 4 rings (SSSR count). The van der Waals surface area contributed by atoms with E-state index in [4.69, 9.17) is 0 Å². The first kappa shape index (κ1) is 15.8. The summed E-state index contributed by atoms with van der Waals surface area (Å²) >= 11 is 0. The first-order valence-electron chi connectivity index (χ1n) is 9.30. The number of hydrogen-bond donors (Lipinski definition) is 2. The molecule has 0 radical (unpaired) electrons. The lowest BCUT2D eigenvalue weighted by Crippen LogP contribution is -2.58. The molecule has 2 N–H and O–H groups in total. The zero-order valence-corrected chi connectivity index (χ0v) is 14.7. The predicted octanol–water partition coefficient (Wildman–Crippen LogP) is 3.96. The second-order valence-electron chi connectivity index (χ2n) is 9.62. The van der Waals surface area contributed by atoms with Crippen LogP contribution in [-0.4, -0.2) is 25.7 Å². The Bertz CT molecular complexity index is 360. The summed E-state index contributed by atoms with van der Waals surface area (Å²) < 4.78 is 0. The van der Waals surface area contributed by atoms with Gasteiger partial charge in [-0.15, -0.1) is 0 Å². The van der Waals surface area contributed by atoms with Crippen molar-refractivity contribution in [3.05, 3.63) is 0 Å². The highest BCUT2D eigenvalue weighted by Crippen LogP contribution is 2.69. The van der Waals surface area contributed by atoms with Crippen LogP contribution < -0.4 is 10.6 Å². The first-order chi connectivity index (χ1) is 9.86. The smallest absolute Gasteiger partial charge is 0.0164 e. The van der Waals surface area contributed by atoms with E-state index < -0.39 is 0 Å². The van der Waals surface area contributed by atoms with Crippen molar-refractivity contribution in [1.29, 1.82) is 0 Å². The molecule has 3 unspecified atom stereocenters. The van der Waals surface area contributed by atoms with Crippen LogP contribution in [0.3, 0.4) is 0 Å². The minimum absolute atomic E-state index is 0.602. The van der Waals surface area contributed by atoms with Crippen LogP contribution in [0.25, 0.3) is 0 Å². The van der Waals surface area contributed by atoms with Gasteiger partial charge < -0.3 is 10.6 Å². The molecule has 21 heavy (non-hydrogen) atoms. The molecule has 0 aromatic carbocycles. The van der Waals surface area contributed by atoms with E-state index in [9.17, 15) is 0 Å². The highest BCUT2D eigenvalue weighted by Gasteiger charge is 2.59. The minimum atomic E-state index is 0.602. The summed E-state index contributed by atoms with van der Waals surface area (Å²) in [6, 6.07) is 0.602. The number of nitrogens with one attached hydrogen (secondary N) is 2. The fourth-order valence-electron chi connectivity index (χ4n) is 6.84. The van der Waals surface area contributed by atoms with E-state index in [2.05, 4.69) is 38.3 Å². The van der Waals surface area contributed by atoms with Gasteiger partial charge in [-0.1, -0.05) is 20.8 Å². The minimum Gasteiger partial charge on any atom is -0.315 e. The third kappa shape index (κ3) is 3.32. The van der Waals surface area contributed by atoms with Crippen LogP contribution in [0.2, 0.25) is 0 Å². The molecule has 2 nitrogen and oxygen atoms in total. The summed E-state index contributed by atoms with van der Waals surface area (Å²) in [4.78, 5) is 0. The molecule has 122 valence electrons. The Balaban J connectivity index is 1.58. The largest absolute Gasteiger partial charge is 0.315 e. The number of hydrogen-bond acceptors (Lipinski definition) is 2. The Kier molecular flexibility index (Phi) is 4.16. The molecule has 4 fully saturated rings. The lowest BCUT2D eigenvalue weighted by molar-refractivity contribution is -0.143. The van der Waals surface area contributed by atoms with Gasteiger partial charge in [-0.25, -0.2) is 0 Å². The molecular weight excluding hydrogens is 256 g/mol. The highest BCUT2D eigenvalue weighted by atomic mass is 15.0. The van der Waals surface area contributed by atoms with Gasteiger partial charge in [0.15, 0.2) is 0 Å². The molecule has 0 aromatic rings. The normalized spacial score (nSPS) is 46.0. The van der Waals surface area contributed by atoms with Crippen LogP contribution in [0.15, 0.2) is 0 Å². The Labute approximate surface area is 131 Å². The van der Waals surface area contributed by atoms with E-state index in [1.165, 1.54) is 51.5 Å². The quantitative estimate of drug-likeness (QED) is 0.694. The standard InChI is InChI=1S/C19H36N2/c1-5-6-20-10-15(2)21-14-19-9-16-7-17(3,12-19)11-18(4,8-16)13-19/h15-16,20-21H,5-14H2,1-4H3. The Morgan fingerprint density at radius 3 is 2.29 bits per heavy atom. The van der Waals surface area contributed by atoms with Crippen molar-refractivity contribution in [2.24, 2.45) is 22.2 Å². The van der Waals surface area contributed by atoms with E-state index in [1.807, 2.05) is 0 Å². The molecule has 4 aliphatic rings. The third-order valence-electron chi connectivity index (χ3n) is 6.44. The van der Waals surface area contributed by atoms with Crippen LogP contribution in [0.1, 0.15) is 72.6 Å². The summed E-state index contributed by atoms with van der Waals surface area (Å²) in [6.07, 6.45) is 10.2. The Morgan fingerprint density at radius 2 is 1.71 bits per heavy atom. The number of rotatable bonds is 7. The summed E-state index contributed by atoms with van der Waals surface area (Å²) in [6.45, 7) is 13.3. The molecule has 0 aromatic heterocycles. The average molecular weight is 293 g/mol. The van der Waals surface area contributed by atoms with Gasteiger partial charge in [-0.3, -0.25) is 0 Å². The van der Waals surface area contributed by atoms with Crippen molar-refractivity contribution in [3.8, 4) is 0 Å². The van der Waals surface area contributed by atoms with Crippen LogP contribution in [0.4, 0.5) is 0 Å². The SMILES string of the molecule is CCCNCC(C)NCC12CC3CC(C)(CC(C)(C3)C1)C2. The van der Waals surface area contributed by atoms with Gasteiger partial charge in [0, 0.05) is 19.1 Å². The van der Waals surface area contributed by atoms with E-state index in [0.717, 1.165) is 19.0 Å². The molecule has 3 atom stereocenters. The van der Waals surface area contributed by atoms with Crippen molar-refractivity contribution in [2.45, 2.75) is 78.7 Å². The topological polar surface area (TPSA) is 24.1 Å². The molecular formula is C19H36N2. The molecule has 0 heterocycles. The molecule has 4 aliphatic carbocycles. The summed E-state index contributed by atoms with van der Waals surface area (Å²) in [5, 5.41) is 7.42. The molecule has 0 aliphatic heterocycles. The maximum atomic E-state index is 3.87. The Morgan fingerprint density at radius 1 is 1.05 bits per heavy atom. The second kappa shape index (κ2) is 5.53. The van der Waals surface area contributed by atoms with Crippen molar-refractivity contribution in [2.75, 3.05) is 19.6 Å². The summed E-state index contributed by atoms with van der Waals surface area (Å²) in [5.74, 6) is 1.02. The van der Waals surface area contributed by atoms with Gasteiger partial charge in [0.05, 0.1) is 0 Å². The zero-order chi connectivity index (χ0) is 15.1. The molecule has 4 bridgehead atoms. The maximum Gasteiger partial charge on any atom is 0.0164 e. The van der Waals surface area contributed by atoms with E-state index >= 15 is 0 Å². The lowest BCUT2D eigenvalue weighted by atomic mass is 9.40. The van der Waals surface area contributed by atoms with Crippen LogP contribution in [0, 0.1) is 22.2 Å². The monoisotopic (exact) mass is 292 g/mol. The molecule has 0 amide bonds. The summed E-state index contributed by atoms with van der Waals surface area (Å²) in [7, 11) is 0. The van der Waals surface area contributed by atoms with Crippen molar-refractivity contribution >= 4 is 0 Å².